The van der Waals surface area contributed by atoms with Gasteiger partial charge in [-0.1, -0.05) is 23.7 Å². The van der Waals surface area contributed by atoms with Gasteiger partial charge in [-0.3, -0.25) is 4.79 Å². The first-order valence-electron chi connectivity index (χ1n) is 8.10. The maximum absolute atomic E-state index is 12.3. The number of carbonyl (C=O) groups excluding carboxylic acids is 1. The zero-order chi connectivity index (χ0) is 17.8. The van der Waals surface area contributed by atoms with Gasteiger partial charge in [-0.25, -0.2) is 0 Å². The smallest absolute Gasteiger partial charge is 0.225 e. The number of ether oxygens (including phenoxy) is 2. The van der Waals surface area contributed by atoms with Crippen molar-refractivity contribution in [3.05, 3.63) is 47.0 Å². The topological polar surface area (TPSA) is 59.0 Å². The number of amides is 1. The normalized spacial score (nSPS) is 13.8. The standard InChI is InChI=1S/C19H20ClNO4/c1-24-7-5-18(23)21-6-8-25-19-15(12-21)9-14(11-17(19)22)13-3-2-4-16(20)10-13/h2-4,9-11,22H,5-8,12H2,1H3. The molecule has 1 amide bonds. The number of methoxy groups -OCH3 is 1. The summed E-state index contributed by atoms with van der Waals surface area (Å²) in [5, 5.41) is 11.0. The quantitative estimate of drug-likeness (QED) is 0.905. The highest BCUT2D eigenvalue weighted by Crippen LogP contribution is 2.38. The lowest BCUT2D eigenvalue weighted by atomic mass is 10.0. The second-order valence-electron chi connectivity index (χ2n) is 5.90. The van der Waals surface area contributed by atoms with Crippen LogP contribution in [0.25, 0.3) is 11.1 Å². The van der Waals surface area contributed by atoms with Crippen LogP contribution in [-0.2, 0) is 16.1 Å². The Kier molecular flexibility index (Phi) is 5.46. The summed E-state index contributed by atoms with van der Waals surface area (Å²) >= 11 is 6.07. The van der Waals surface area contributed by atoms with Crippen molar-refractivity contribution in [2.45, 2.75) is 13.0 Å². The lowest BCUT2D eigenvalue weighted by molar-refractivity contribution is -0.132. The monoisotopic (exact) mass is 361 g/mol. The number of nitrogens with zero attached hydrogens (tertiary/aromatic N) is 1. The van der Waals surface area contributed by atoms with E-state index < -0.39 is 0 Å². The fraction of sp³-hybridized carbons (Fsp3) is 0.316. The van der Waals surface area contributed by atoms with Gasteiger partial charge < -0.3 is 19.5 Å². The first-order valence-corrected chi connectivity index (χ1v) is 8.47. The molecule has 6 heteroatoms. The van der Waals surface area contributed by atoms with Crippen LogP contribution in [0.1, 0.15) is 12.0 Å². The molecule has 2 aromatic rings. The predicted octanol–water partition coefficient (Wildman–Crippen LogP) is 3.47. The van der Waals surface area contributed by atoms with Gasteiger partial charge in [-0.15, -0.1) is 0 Å². The molecule has 1 aliphatic rings. The van der Waals surface area contributed by atoms with Crippen molar-refractivity contribution in [2.75, 3.05) is 26.9 Å². The number of fused-ring (bicyclic) bond motifs is 1. The van der Waals surface area contributed by atoms with Crippen LogP contribution in [0.3, 0.4) is 0 Å². The molecule has 1 aliphatic heterocycles. The third-order valence-corrected chi connectivity index (χ3v) is 4.38. The summed E-state index contributed by atoms with van der Waals surface area (Å²) in [6.45, 7) is 1.59. The van der Waals surface area contributed by atoms with Crippen LogP contribution < -0.4 is 4.74 Å². The van der Waals surface area contributed by atoms with Crippen LogP contribution in [0.4, 0.5) is 0 Å². The molecule has 5 nitrogen and oxygen atoms in total. The minimum Gasteiger partial charge on any atom is -0.504 e. The number of benzene rings is 2. The van der Waals surface area contributed by atoms with Gasteiger partial charge in [0.1, 0.15) is 6.61 Å². The number of halogens is 1. The fourth-order valence-electron chi connectivity index (χ4n) is 2.89. The maximum Gasteiger partial charge on any atom is 0.225 e. The molecular formula is C19H20ClNO4. The van der Waals surface area contributed by atoms with Crippen LogP contribution in [0.2, 0.25) is 5.02 Å². The zero-order valence-corrected chi connectivity index (χ0v) is 14.8. The average Bonchev–Trinajstić information content (AvgIpc) is 2.82. The molecule has 0 saturated carbocycles. The largest absolute Gasteiger partial charge is 0.504 e. The van der Waals surface area contributed by atoms with E-state index in [0.717, 1.165) is 16.7 Å². The van der Waals surface area contributed by atoms with Gasteiger partial charge in [0.05, 0.1) is 19.6 Å². The summed E-state index contributed by atoms with van der Waals surface area (Å²) in [4.78, 5) is 14.0. The Morgan fingerprint density at radius 3 is 2.92 bits per heavy atom. The Morgan fingerprint density at radius 2 is 2.16 bits per heavy atom. The van der Waals surface area contributed by atoms with Gasteiger partial charge in [-0.2, -0.15) is 0 Å². The van der Waals surface area contributed by atoms with Crippen LogP contribution in [0.5, 0.6) is 11.5 Å². The molecule has 132 valence electrons. The van der Waals surface area contributed by atoms with Crippen LogP contribution in [0, 0.1) is 0 Å². The molecule has 1 heterocycles. The number of phenolic OH excluding ortho intramolecular Hbond substituents is 1. The number of aromatic hydroxyl groups is 1. The minimum absolute atomic E-state index is 0.00551. The zero-order valence-electron chi connectivity index (χ0n) is 14.0. The van der Waals surface area contributed by atoms with Crippen LogP contribution in [-0.4, -0.2) is 42.8 Å². The van der Waals surface area contributed by atoms with Gasteiger partial charge >= 0.3 is 0 Å². The fourth-order valence-corrected chi connectivity index (χ4v) is 3.08. The van der Waals surface area contributed by atoms with Crippen molar-refractivity contribution >= 4 is 17.5 Å². The highest BCUT2D eigenvalue weighted by atomic mass is 35.5. The maximum atomic E-state index is 12.3. The van der Waals surface area contributed by atoms with E-state index in [-0.39, 0.29) is 11.7 Å². The molecule has 0 fully saturated rings. The lowest BCUT2D eigenvalue weighted by Gasteiger charge is -2.20. The van der Waals surface area contributed by atoms with Crippen molar-refractivity contribution in [3.8, 4) is 22.6 Å². The van der Waals surface area contributed by atoms with Crippen molar-refractivity contribution < 1.29 is 19.4 Å². The van der Waals surface area contributed by atoms with E-state index in [2.05, 4.69) is 0 Å². The minimum atomic E-state index is 0.00551. The van der Waals surface area contributed by atoms with Crippen molar-refractivity contribution in [1.82, 2.24) is 4.90 Å². The Hall–Kier alpha value is -2.24. The molecule has 25 heavy (non-hydrogen) atoms. The Balaban J connectivity index is 1.92. The molecule has 0 saturated heterocycles. The van der Waals surface area contributed by atoms with E-state index in [0.29, 0.717) is 43.5 Å². The molecule has 0 aromatic heterocycles. The molecule has 0 bridgehead atoms. The van der Waals surface area contributed by atoms with Gasteiger partial charge in [0.25, 0.3) is 0 Å². The summed E-state index contributed by atoms with van der Waals surface area (Å²) in [7, 11) is 1.57. The van der Waals surface area contributed by atoms with E-state index in [1.165, 1.54) is 0 Å². The molecular weight excluding hydrogens is 342 g/mol. The van der Waals surface area contributed by atoms with Crippen LogP contribution in [0.15, 0.2) is 36.4 Å². The third-order valence-electron chi connectivity index (χ3n) is 4.15. The van der Waals surface area contributed by atoms with E-state index in [9.17, 15) is 9.90 Å². The lowest BCUT2D eigenvalue weighted by Crippen LogP contribution is -2.32. The van der Waals surface area contributed by atoms with E-state index in [1.807, 2.05) is 24.3 Å². The highest BCUT2D eigenvalue weighted by molar-refractivity contribution is 6.30. The number of hydrogen-bond donors (Lipinski definition) is 1. The van der Waals surface area contributed by atoms with Gasteiger partial charge in [-0.05, 0) is 35.4 Å². The summed E-state index contributed by atoms with van der Waals surface area (Å²) in [5.41, 5.74) is 2.50. The van der Waals surface area contributed by atoms with Gasteiger partial charge in [0.2, 0.25) is 5.91 Å². The summed E-state index contributed by atoms with van der Waals surface area (Å²) in [6, 6.07) is 11.0. The van der Waals surface area contributed by atoms with E-state index >= 15 is 0 Å². The number of phenols is 1. The third kappa shape index (κ3) is 4.06. The second kappa shape index (κ2) is 7.76. The molecule has 0 radical (unpaired) electrons. The molecule has 0 atom stereocenters. The number of rotatable bonds is 4. The van der Waals surface area contributed by atoms with Crippen molar-refractivity contribution in [3.63, 3.8) is 0 Å². The molecule has 2 aromatic carbocycles. The van der Waals surface area contributed by atoms with E-state index in [1.54, 1.807) is 24.1 Å². The molecule has 0 unspecified atom stereocenters. The van der Waals surface area contributed by atoms with Crippen LogP contribution >= 0.6 is 11.6 Å². The molecule has 1 N–H and O–H groups in total. The SMILES string of the molecule is COCCC(=O)N1CCOc2c(O)cc(-c3cccc(Cl)c3)cc2C1. The molecule has 3 rings (SSSR count). The predicted molar refractivity (Wildman–Crippen MR) is 96.0 cm³/mol. The van der Waals surface area contributed by atoms with Gasteiger partial charge in [0, 0.05) is 24.2 Å². The second-order valence-corrected chi connectivity index (χ2v) is 6.34. The number of hydrogen-bond acceptors (Lipinski definition) is 4. The average molecular weight is 362 g/mol. The Labute approximate surface area is 151 Å². The summed E-state index contributed by atoms with van der Waals surface area (Å²) in [5.74, 6) is 0.512. The van der Waals surface area contributed by atoms with Gasteiger partial charge in [0.15, 0.2) is 11.5 Å². The summed E-state index contributed by atoms with van der Waals surface area (Å²) in [6.07, 6.45) is 0.325. The Morgan fingerprint density at radius 1 is 1.32 bits per heavy atom. The Bertz CT molecular complexity index is 778. The number of carbonyl (C=O) groups is 1. The molecule has 0 spiro atoms. The molecule has 0 aliphatic carbocycles. The van der Waals surface area contributed by atoms with Crippen molar-refractivity contribution in [2.24, 2.45) is 0 Å². The first kappa shape index (κ1) is 17.6. The summed E-state index contributed by atoms with van der Waals surface area (Å²) < 4.78 is 10.7. The van der Waals surface area contributed by atoms with E-state index in [4.69, 9.17) is 21.1 Å². The highest BCUT2D eigenvalue weighted by Gasteiger charge is 2.22. The van der Waals surface area contributed by atoms with Crippen molar-refractivity contribution in [1.29, 1.82) is 0 Å². The first-order chi connectivity index (χ1) is 12.1.